The average Bonchev–Trinajstić information content (AvgIpc) is 3.46. The lowest BCUT2D eigenvalue weighted by atomic mass is 9.95. The molecule has 10 heteroatoms. The van der Waals surface area contributed by atoms with Crippen molar-refractivity contribution < 1.29 is 28.5 Å². The number of fused-ring (bicyclic) bond motifs is 2. The fourth-order valence-electron chi connectivity index (χ4n) is 4.49. The molecule has 0 radical (unpaired) electrons. The zero-order chi connectivity index (χ0) is 26.3. The number of carbonyl (C=O) groups is 1. The van der Waals surface area contributed by atoms with E-state index in [9.17, 15) is 9.59 Å². The van der Waals surface area contributed by atoms with Crippen LogP contribution in [-0.4, -0.2) is 38.2 Å². The zero-order valence-electron chi connectivity index (χ0n) is 21.1. The number of benzene rings is 2. The Morgan fingerprint density at radius 3 is 2.62 bits per heavy atom. The Morgan fingerprint density at radius 1 is 1.16 bits per heavy atom. The average molecular weight is 523 g/mol. The third-order valence-corrected chi connectivity index (χ3v) is 7.28. The summed E-state index contributed by atoms with van der Waals surface area (Å²) in [5.74, 6) is 1.84. The van der Waals surface area contributed by atoms with Gasteiger partial charge in [-0.15, -0.1) is 0 Å². The van der Waals surface area contributed by atoms with Crippen molar-refractivity contribution in [3.05, 3.63) is 78.0 Å². The number of hydrogen-bond acceptors (Lipinski definition) is 9. The minimum atomic E-state index is -0.795. The van der Waals surface area contributed by atoms with E-state index in [0.29, 0.717) is 43.6 Å². The first kappa shape index (κ1) is 24.6. The van der Waals surface area contributed by atoms with Crippen molar-refractivity contribution in [2.45, 2.75) is 26.8 Å². The molecule has 0 N–H and O–H groups in total. The van der Waals surface area contributed by atoms with Gasteiger partial charge >= 0.3 is 5.97 Å². The molecule has 0 bridgehead atoms. The highest BCUT2D eigenvalue weighted by molar-refractivity contribution is 7.07. The van der Waals surface area contributed by atoms with E-state index in [2.05, 4.69) is 4.99 Å². The predicted octanol–water partition coefficient (Wildman–Crippen LogP) is 2.85. The molecule has 192 valence electrons. The van der Waals surface area contributed by atoms with Crippen molar-refractivity contribution in [3.8, 4) is 23.0 Å². The predicted molar refractivity (Wildman–Crippen MR) is 137 cm³/mol. The minimum absolute atomic E-state index is 0.167. The van der Waals surface area contributed by atoms with E-state index in [0.717, 1.165) is 11.1 Å². The summed E-state index contributed by atoms with van der Waals surface area (Å²) in [6, 6.07) is 8.23. The van der Waals surface area contributed by atoms with Crippen LogP contribution in [0.4, 0.5) is 0 Å². The number of allylic oxidation sites excluding steroid dienone is 1. The van der Waals surface area contributed by atoms with E-state index in [1.54, 1.807) is 39.2 Å². The first-order chi connectivity index (χ1) is 17.9. The number of esters is 1. The highest BCUT2D eigenvalue weighted by atomic mass is 32.1. The lowest BCUT2D eigenvalue weighted by molar-refractivity contribution is -0.139. The summed E-state index contributed by atoms with van der Waals surface area (Å²) in [4.78, 5) is 32.1. The Kier molecular flexibility index (Phi) is 6.51. The quantitative estimate of drug-likeness (QED) is 0.459. The molecule has 1 aromatic heterocycles. The van der Waals surface area contributed by atoms with Gasteiger partial charge in [0.05, 0.1) is 36.6 Å². The molecule has 0 saturated carbocycles. The molecule has 0 fully saturated rings. The number of ether oxygens (including phenoxy) is 5. The van der Waals surface area contributed by atoms with E-state index in [1.807, 2.05) is 25.1 Å². The SMILES string of the molecule is CCOC(=O)C1=C(C)N=c2s/c(=C/c3cc4c(cc3C)OCO4)c(=O)n2C1c1ccc(OC)cc1OC. The molecular formula is C27H26N2O7S. The Labute approximate surface area is 216 Å². The topological polar surface area (TPSA) is 97.6 Å². The van der Waals surface area contributed by atoms with E-state index in [1.165, 1.54) is 23.0 Å². The molecule has 9 nitrogen and oxygen atoms in total. The van der Waals surface area contributed by atoms with Crippen molar-refractivity contribution >= 4 is 23.4 Å². The zero-order valence-corrected chi connectivity index (χ0v) is 21.9. The van der Waals surface area contributed by atoms with E-state index in [-0.39, 0.29) is 24.5 Å². The lowest BCUT2D eigenvalue weighted by Crippen LogP contribution is -2.40. The summed E-state index contributed by atoms with van der Waals surface area (Å²) in [6.45, 7) is 5.78. The van der Waals surface area contributed by atoms with Crippen LogP contribution in [0.5, 0.6) is 23.0 Å². The summed E-state index contributed by atoms with van der Waals surface area (Å²) in [5.41, 5.74) is 2.86. The highest BCUT2D eigenvalue weighted by Gasteiger charge is 2.35. The van der Waals surface area contributed by atoms with Gasteiger partial charge in [0.1, 0.15) is 17.5 Å². The van der Waals surface area contributed by atoms with E-state index >= 15 is 0 Å². The van der Waals surface area contributed by atoms with Crippen LogP contribution in [-0.2, 0) is 9.53 Å². The van der Waals surface area contributed by atoms with Crippen molar-refractivity contribution in [2.75, 3.05) is 27.6 Å². The van der Waals surface area contributed by atoms with Crippen LogP contribution < -0.4 is 33.8 Å². The van der Waals surface area contributed by atoms with Crippen molar-refractivity contribution in [1.82, 2.24) is 4.57 Å². The standard InChI is InChI=1S/C27H26N2O7S/c1-6-34-26(31)23-15(3)28-27-29(24(23)18-8-7-17(32-4)12-19(18)33-5)25(30)22(37-27)11-16-10-21-20(9-14(16)2)35-13-36-21/h7-12,24H,6,13H2,1-5H3/b22-11+. The first-order valence-electron chi connectivity index (χ1n) is 11.7. The van der Waals surface area contributed by atoms with Crippen LogP contribution in [0.2, 0.25) is 0 Å². The number of methoxy groups -OCH3 is 2. The van der Waals surface area contributed by atoms with E-state index < -0.39 is 12.0 Å². The van der Waals surface area contributed by atoms with Gasteiger partial charge < -0.3 is 23.7 Å². The second-order valence-corrected chi connectivity index (χ2v) is 9.48. The molecule has 3 aromatic rings. The molecule has 3 heterocycles. The summed E-state index contributed by atoms with van der Waals surface area (Å²) in [5, 5.41) is 0. The Morgan fingerprint density at radius 2 is 1.92 bits per heavy atom. The molecule has 0 aliphatic carbocycles. The first-order valence-corrected chi connectivity index (χ1v) is 12.5. The molecular weight excluding hydrogens is 496 g/mol. The second-order valence-electron chi connectivity index (χ2n) is 8.47. The Hall–Kier alpha value is -4.05. The molecule has 37 heavy (non-hydrogen) atoms. The maximum absolute atomic E-state index is 13.9. The van der Waals surface area contributed by atoms with Gasteiger partial charge in [0, 0.05) is 11.6 Å². The molecule has 1 unspecified atom stereocenters. The fourth-order valence-corrected chi connectivity index (χ4v) is 5.52. The Balaban J connectivity index is 1.74. The molecule has 2 aliphatic heterocycles. The van der Waals surface area contributed by atoms with Crippen LogP contribution >= 0.6 is 11.3 Å². The summed E-state index contributed by atoms with van der Waals surface area (Å²) in [7, 11) is 3.09. The van der Waals surface area contributed by atoms with Crippen LogP contribution in [0.15, 0.2) is 51.4 Å². The number of nitrogens with zero attached hydrogens (tertiary/aromatic N) is 2. The van der Waals surface area contributed by atoms with Crippen LogP contribution in [0.1, 0.15) is 36.6 Å². The molecule has 0 spiro atoms. The van der Waals surface area contributed by atoms with Crippen LogP contribution in [0, 0.1) is 6.92 Å². The number of hydrogen-bond donors (Lipinski definition) is 0. The van der Waals surface area contributed by atoms with Gasteiger partial charge in [-0.2, -0.15) is 0 Å². The molecule has 2 aromatic carbocycles. The number of aromatic nitrogens is 1. The molecule has 1 atom stereocenters. The smallest absolute Gasteiger partial charge is 0.338 e. The third-order valence-electron chi connectivity index (χ3n) is 6.30. The number of carbonyl (C=O) groups excluding carboxylic acids is 1. The molecule has 2 aliphatic rings. The number of thiazole rings is 1. The number of aryl methyl sites for hydroxylation is 1. The van der Waals surface area contributed by atoms with Crippen LogP contribution in [0.3, 0.4) is 0 Å². The maximum Gasteiger partial charge on any atom is 0.338 e. The lowest BCUT2D eigenvalue weighted by Gasteiger charge is -2.26. The third kappa shape index (κ3) is 4.27. The van der Waals surface area contributed by atoms with Gasteiger partial charge in [0.15, 0.2) is 16.3 Å². The van der Waals surface area contributed by atoms with Gasteiger partial charge in [-0.3, -0.25) is 9.36 Å². The largest absolute Gasteiger partial charge is 0.497 e. The molecule has 0 saturated heterocycles. The second kappa shape index (κ2) is 9.78. The van der Waals surface area contributed by atoms with E-state index in [4.69, 9.17) is 23.7 Å². The summed E-state index contributed by atoms with van der Waals surface area (Å²) in [6.07, 6.45) is 1.81. The Bertz CT molecular complexity index is 1620. The monoisotopic (exact) mass is 522 g/mol. The van der Waals surface area contributed by atoms with Crippen molar-refractivity contribution in [2.24, 2.45) is 4.99 Å². The maximum atomic E-state index is 13.9. The normalized spacial score (nSPS) is 16.4. The van der Waals surface area contributed by atoms with Gasteiger partial charge in [0.2, 0.25) is 6.79 Å². The molecule has 5 rings (SSSR count). The highest BCUT2D eigenvalue weighted by Crippen LogP contribution is 2.38. The fraction of sp³-hybridized carbons (Fsp3) is 0.296. The minimum Gasteiger partial charge on any atom is -0.497 e. The summed E-state index contributed by atoms with van der Waals surface area (Å²) < 4.78 is 29.3. The van der Waals surface area contributed by atoms with Gasteiger partial charge in [-0.25, -0.2) is 9.79 Å². The van der Waals surface area contributed by atoms with Gasteiger partial charge in [-0.1, -0.05) is 11.3 Å². The van der Waals surface area contributed by atoms with Crippen molar-refractivity contribution in [1.29, 1.82) is 0 Å². The molecule has 0 amide bonds. The van der Waals surface area contributed by atoms with Crippen molar-refractivity contribution in [3.63, 3.8) is 0 Å². The number of rotatable bonds is 6. The van der Waals surface area contributed by atoms with Crippen LogP contribution in [0.25, 0.3) is 6.08 Å². The van der Waals surface area contributed by atoms with Gasteiger partial charge in [0.25, 0.3) is 5.56 Å². The summed E-state index contributed by atoms with van der Waals surface area (Å²) >= 11 is 1.25. The van der Waals surface area contributed by atoms with Gasteiger partial charge in [-0.05, 0) is 62.2 Å².